The molecule has 164 valence electrons. The topological polar surface area (TPSA) is 104 Å². The zero-order valence-corrected chi connectivity index (χ0v) is 18.8. The second kappa shape index (κ2) is 10.2. The van der Waals surface area contributed by atoms with E-state index < -0.39 is 0 Å². The van der Waals surface area contributed by atoms with Crippen molar-refractivity contribution in [2.24, 2.45) is 5.92 Å². The first-order chi connectivity index (χ1) is 14.9. The molecule has 0 spiro atoms. The molecule has 8 nitrogen and oxygen atoms in total. The Hall–Kier alpha value is -3.20. The summed E-state index contributed by atoms with van der Waals surface area (Å²) in [4.78, 5) is 12.6. The van der Waals surface area contributed by atoms with Crippen molar-refractivity contribution in [3.05, 3.63) is 54.1 Å². The maximum Gasteiger partial charge on any atom is 0.230 e. The average Bonchev–Trinajstić information content (AvgIpc) is 3.16. The van der Waals surface area contributed by atoms with Crippen LogP contribution in [0.25, 0.3) is 11.4 Å². The zero-order valence-electron chi connectivity index (χ0n) is 18.0. The number of benzene rings is 2. The Morgan fingerprint density at radius 2 is 1.61 bits per heavy atom. The summed E-state index contributed by atoms with van der Waals surface area (Å²) in [7, 11) is 3.24. The first-order valence-corrected chi connectivity index (χ1v) is 10.8. The number of hydrogen-bond acceptors (Lipinski definition) is 7. The maximum absolute atomic E-state index is 12.6. The molecular weight excluding hydrogens is 414 g/mol. The van der Waals surface area contributed by atoms with Gasteiger partial charge >= 0.3 is 0 Å². The van der Waals surface area contributed by atoms with Crippen LogP contribution in [0, 0.1) is 5.92 Å². The molecule has 0 fully saturated rings. The molecule has 0 saturated heterocycles. The van der Waals surface area contributed by atoms with Gasteiger partial charge < -0.3 is 20.6 Å². The third kappa shape index (κ3) is 5.49. The van der Waals surface area contributed by atoms with Crippen LogP contribution in [0.2, 0.25) is 0 Å². The van der Waals surface area contributed by atoms with Crippen LogP contribution in [-0.2, 0) is 4.79 Å². The molecule has 0 aliphatic rings. The Labute approximate surface area is 186 Å². The van der Waals surface area contributed by atoms with Crippen molar-refractivity contribution in [3.8, 4) is 22.9 Å². The minimum absolute atomic E-state index is 0.103. The predicted molar refractivity (Wildman–Crippen MR) is 122 cm³/mol. The third-order valence-corrected chi connectivity index (χ3v) is 5.75. The van der Waals surface area contributed by atoms with Crippen molar-refractivity contribution in [2.45, 2.75) is 25.0 Å². The smallest absolute Gasteiger partial charge is 0.230 e. The van der Waals surface area contributed by atoms with Gasteiger partial charge in [0.05, 0.1) is 26.0 Å². The van der Waals surface area contributed by atoms with Gasteiger partial charge in [0.2, 0.25) is 11.1 Å². The number of methoxy groups -OCH3 is 2. The van der Waals surface area contributed by atoms with Crippen molar-refractivity contribution in [1.29, 1.82) is 0 Å². The molecule has 0 bridgehead atoms. The summed E-state index contributed by atoms with van der Waals surface area (Å²) in [6, 6.07) is 15.0. The maximum atomic E-state index is 12.6. The normalized spacial score (nSPS) is 11.9. The molecule has 3 N–H and O–H groups in total. The highest BCUT2D eigenvalue weighted by Crippen LogP contribution is 2.26. The average molecular weight is 442 g/mol. The van der Waals surface area contributed by atoms with Gasteiger partial charge in [0.25, 0.3) is 0 Å². The number of aromatic nitrogens is 3. The number of ether oxygens (including phenoxy) is 2. The number of nitrogens with one attached hydrogen (secondary N) is 1. The molecule has 3 aromatic rings. The van der Waals surface area contributed by atoms with Gasteiger partial charge in [0.1, 0.15) is 11.5 Å². The highest BCUT2D eigenvalue weighted by molar-refractivity contribution is 7.99. The highest BCUT2D eigenvalue weighted by Gasteiger charge is 2.20. The number of rotatable bonds is 9. The monoisotopic (exact) mass is 441 g/mol. The van der Waals surface area contributed by atoms with Crippen LogP contribution in [0.3, 0.4) is 0 Å². The van der Waals surface area contributed by atoms with Crippen molar-refractivity contribution >= 4 is 17.7 Å². The number of thioether (sulfide) groups is 1. The molecule has 0 aliphatic carbocycles. The van der Waals surface area contributed by atoms with Gasteiger partial charge in [-0.3, -0.25) is 4.79 Å². The van der Waals surface area contributed by atoms with E-state index in [1.165, 1.54) is 16.4 Å². The van der Waals surface area contributed by atoms with E-state index in [9.17, 15) is 4.79 Å². The molecule has 2 aromatic carbocycles. The molecule has 0 saturated carbocycles. The van der Waals surface area contributed by atoms with E-state index in [4.69, 9.17) is 15.3 Å². The van der Waals surface area contributed by atoms with Gasteiger partial charge in [-0.15, -0.1) is 10.2 Å². The summed E-state index contributed by atoms with van der Waals surface area (Å²) in [5.41, 5.74) is 1.84. The quantitative estimate of drug-likeness (QED) is 0.388. The number of amides is 1. The van der Waals surface area contributed by atoms with Crippen LogP contribution in [-0.4, -0.2) is 40.8 Å². The second-order valence-electron chi connectivity index (χ2n) is 7.26. The Balaban J connectivity index is 1.63. The van der Waals surface area contributed by atoms with E-state index in [-0.39, 0.29) is 23.6 Å². The molecule has 1 heterocycles. The van der Waals surface area contributed by atoms with Crippen molar-refractivity contribution in [2.75, 3.05) is 25.8 Å². The fraction of sp³-hybridized carbons (Fsp3) is 0.318. The van der Waals surface area contributed by atoms with Gasteiger partial charge in [0, 0.05) is 5.56 Å². The van der Waals surface area contributed by atoms with E-state index in [0.29, 0.717) is 11.0 Å². The lowest BCUT2D eigenvalue weighted by atomic mass is 9.96. The van der Waals surface area contributed by atoms with Gasteiger partial charge in [-0.25, -0.2) is 4.68 Å². The van der Waals surface area contributed by atoms with Crippen LogP contribution in [0.4, 0.5) is 0 Å². The van der Waals surface area contributed by atoms with E-state index in [2.05, 4.69) is 29.4 Å². The predicted octanol–water partition coefficient (Wildman–Crippen LogP) is 3.28. The standard InChI is InChI=1S/C22H27N5O3S/c1-14(2)20(15-5-9-17(29-3)10-6-15)24-19(28)13-31-22-26-25-21(27(22)23)16-7-11-18(30-4)12-8-16/h5-12,14,20H,13,23H2,1-4H3,(H,24,28). The Morgan fingerprint density at radius 1 is 1.03 bits per heavy atom. The van der Waals surface area contributed by atoms with E-state index in [1.807, 2.05) is 48.5 Å². The lowest BCUT2D eigenvalue weighted by molar-refractivity contribution is -0.119. The number of nitrogen functional groups attached to an aromatic ring is 1. The zero-order chi connectivity index (χ0) is 22.4. The fourth-order valence-electron chi connectivity index (χ4n) is 3.10. The molecule has 0 radical (unpaired) electrons. The Morgan fingerprint density at radius 3 is 2.16 bits per heavy atom. The lowest BCUT2D eigenvalue weighted by Crippen LogP contribution is -2.33. The minimum atomic E-state index is -0.107. The molecule has 3 rings (SSSR count). The first-order valence-electron chi connectivity index (χ1n) is 9.84. The molecule has 9 heteroatoms. The van der Waals surface area contributed by atoms with E-state index in [0.717, 1.165) is 22.6 Å². The summed E-state index contributed by atoms with van der Waals surface area (Å²) in [6.07, 6.45) is 0. The first kappa shape index (κ1) is 22.5. The lowest BCUT2D eigenvalue weighted by Gasteiger charge is -2.23. The van der Waals surface area contributed by atoms with Crippen molar-refractivity contribution in [3.63, 3.8) is 0 Å². The number of carbonyl (C=O) groups excluding carboxylic acids is 1. The molecule has 0 aliphatic heterocycles. The summed E-state index contributed by atoms with van der Waals surface area (Å²) in [5.74, 6) is 8.50. The van der Waals surface area contributed by atoms with E-state index >= 15 is 0 Å². The summed E-state index contributed by atoms with van der Waals surface area (Å²) < 4.78 is 11.8. The van der Waals surface area contributed by atoms with Gasteiger partial charge in [-0.05, 0) is 47.9 Å². The van der Waals surface area contributed by atoms with Crippen LogP contribution in [0.15, 0.2) is 53.7 Å². The van der Waals surface area contributed by atoms with Crippen LogP contribution in [0.1, 0.15) is 25.5 Å². The number of nitrogens with two attached hydrogens (primary N) is 1. The SMILES string of the molecule is COc1ccc(-c2nnc(SCC(=O)NC(c3ccc(OC)cc3)C(C)C)n2N)cc1. The Bertz CT molecular complexity index is 1000. The highest BCUT2D eigenvalue weighted by atomic mass is 32.2. The van der Waals surface area contributed by atoms with Crippen LogP contribution in [0.5, 0.6) is 11.5 Å². The third-order valence-electron chi connectivity index (χ3n) is 4.80. The van der Waals surface area contributed by atoms with Crippen molar-refractivity contribution < 1.29 is 14.3 Å². The van der Waals surface area contributed by atoms with Crippen LogP contribution >= 0.6 is 11.8 Å². The number of carbonyl (C=O) groups is 1. The fourth-order valence-corrected chi connectivity index (χ4v) is 3.77. The summed E-state index contributed by atoms with van der Waals surface area (Å²) in [5, 5.41) is 11.8. The van der Waals surface area contributed by atoms with Crippen molar-refractivity contribution in [1.82, 2.24) is 20.2 Å². The van der Waals surface area contributed by atoms with Gasteiger partial charge in [-0.1, -0.05) is 37.7 Å². The van der Waals surface area contributed by atoms with E-state index in [1.54, 1.807) is 14.2 Å². The second-order valence-corrected chi connectivity index (χ2v) is 8.20. The number of nitrogens with zero attached hydrogens (tertiary/aromatic N) is 3. The Kier molecular flexibility index (Phi) is 7.41. The number of hydrogen-bond donors (Lipinski definition) is 2. The van der Waals surface area contributed by atoms with Crippen LogP contribution < -0.4 is 20.6 Å². The molecule has 1 atom stereocenters. The largest absolute Gasteiger partial charge is 0.497 e. The molecular formula is C22H27N5O3S. The van der Waals surface area contributed by atoms with Gasteiger partial charge in [-0.2, -0.15) is 0 Å². The minimum Gasteiger partial charge on any atom is -0.497 e. The molecule has 1 aromatic heterocycles. The molecule has 1 unspecified atom stereocenters. The molecule has 31 heavy (non-hydrogen) atoms. The summed E-state index contributed by atoms with van der Waals surface area (Å²) in [6.45, 7) is 4.14. The summed E-state index contributed by atoms with van der Waals surface area (Å²) >= 11 is 1.24. The van der Waals surface area contributed by atoms with Gasteiger partial charge in [0.15, 0.2) is 5.82 Å². The molecule has 1 amide bonds.